The van der Waals surface area contributed by atoms with Crippen LogP contribution in [-0.2, 0) is 9.59 Å². The van der Waals surface area contributed by atoms with Gasteiger partial charge >= 0.3 is 11.9 Å². The highest BCUT2D eigenvalue weighted by molar-refractivity contribution is 5.98. The molecule has 1 heterocycles. The van der Waals surface area contributed by atoms with Gasteiger partial charge in [0.2, 0.25) is 0 Å². The van der Waals surface area contributed by atoms with Gasteiger partial charge in [-0.15, -0.1) is 0 Å². The number of hydrogen-bond acceptors (Lipinski definition) is 8. The van der Waals surface area contributed by atoms with Crippen LogP contribution in [0.3, 0.4) is 0 Å². The fourth-order valence-electron chi connectivity index (χ4n) is 6.39. The van der Waals surface area contributed by atoms with E-state index in [-0.39, 0.29) is 29.0 Å². The molecule has 0 aromatic heterocycles. The number of rotatable bonds is 14. The van der Waals surface area contributed by atoms with Crippen molar-refractivity contribution in [2.75, 3.05) is 26.2 Å². The number of hydrogen-bond donors (Lipinski definition) is 4. The minimum atomic E-state index is -1.29. The lowest BCUT2D eigenvalue weighted by atomic mass is 9.79. The molecule has 0 radical (unpaired) electrons. The summed E-state index contributed by atoms with van der Waals surface area (Å²) >= 11 is 0. The van der Waals surface area contributed by atoms with Crippen LogP contribution in [0.4, 0.5) is 5.69 Å². The summed E-state index contributed by atoms with van der Waals surface area (Å²) in [7, 11) is 0. The van der Waals surface area contributed by atoms with Crippen molar-refractivity contribution in [1.29, 1.82) is 0 Å². The molecule has 1 aliphatic carbocycles. The molecule has 1 fully saturated rings. The number of ether oxygens (including phenoxy) is 1. The van der Waals surface area contributed by atoms with Crippen LogP contribution in [0.1, 0.15) is 75.3 Å². The van der Waals surface area contributed by atoms with E-state index in [4.69, 9.17) is 4.74 Å². The van der Waals surface area contributed by atoms with Crippen LogP contribution in [0, 0.1) is 10.1 Å². The van der Waals surface area contributed by atoms with E-state index in [0.29, 0.717) is 43.4 Å². The number of nitrogens with one attached hydrogen (secondary N) is 1. The second-order valence-electron chi connectivity index (χ2n) is 11.4. The van der Waals surface area contributed by atoms with Crippen molar-refractivity contribution in [3.05, 3.63) is 92.3 Å². The zero-order valence-electron chi connectivity index (χ0n) is 25.2. The average Bonchev–Trinajstić information content (AvgIpc) is 3.01. The topological polar surface area (TPSA) is 162 Å². The molecular formula is C33H41N3O8. The number of carboxylic acids is 2. The zero-order chi connectivity index (χ0) is 31.8. The SMILES string of the molecule is CC1=C(C(=O)O)C(c2cccc([N+](=O)[O-])c2)C(C(=O)O)=C(C)N1CCCNCC(O)COc1ccccc1C1CCCCC1. The molecule has 11 heteroatoms. The Hall–Kier alpha value is -4.22. The predicted octanol–water partition coefficient (Wildman–Crippen LogP) is 5.18. The fraction of sp³-hybridized carbons (Fsp3) is 0.455. The van der Waals surface area contributed by atoms with E-state index in [1.54, 1.807) is 18.7 Å². The molecule has 11 nitrogen and oxygen atoms in total. The number of allylic oxidation sites excluding steroid dienone is 2. The predicted molar refractivity (Wildman–Crippen MR) is 164 cm³/mol. The lowest BCUT2D eigenvalue weighted by molar-refractivity contribution is -0.384. The molecular weight excluding hydrogens is 566 g/mol. The highest BCUT2D eigenvalue weighted by Crippen LogP contribution is 2.43. The average molecular weight is 608 g/mol. The summed E-state index contributed by atoms with van der Waals surface area (Å²) in [5, 5.41) is 45.4. The molecule has 44 heavy (non-hydrogen) atoms. The first-order chi connectivity index (χ1) is 21.1. The minimum Gasteiger partial charge on any atom is -0.491 e. The summed E-state index contributed by atoms with van der Waals surface area (Å²) < 4.78 is 6.01. The van der Waals surface area contributed by atoms with Crippen molar-refractivity contribution in [3.8, 4) is 5.75 Å². The molecule has 2 aliphatic rings. The number of aliphatic carboxylic acids is 2. The lowest BCUT2D eigenvalue weighted by Gasteiger charge is -2.37. The van der Waals surface area contributed by atoms with Gasteiger partial charge in [-0.25, -0.2) is 9.59 Å². The third kappa shape index (κ3) is 7.64. The molecule has 0 saturated heterocycles. The number of nitro benzene ring substituents is 1. The zero-order valence-corrected chi connectivity index (χ0v) is 25.2. The van der Waals surface area contributed by atoms with Gasteiger partial charge in [-0.2, -0.15) is 0 Å². The number of carboxylic acid groups (broad SMARTS) is 2. The summed E-state index contributed by atoms with van der Waals surface area (Å²) in [6, 6.07) is 13.5. The Balaban J connectivity index is 1.36. The van der Waals surface area contributed by atoms with E-state index in [1.807, 2.05) is 18.2 Å². The van der Waals surface area contributed by atoms with Crippen molar-refractivity contribution in [3.63, 3.8) is 0 Å². The summed E-state index contributed by atoms with van der Waals surface area (Å²) in [5.74, 6) is -2.44. The second kappa shape index (κ2) is 15.0. The molecule has 0 bridgehead atoms. The Labute approximate surface area is 257 Å². The molecule has 1 saturated carbocycles. The molecule has 1 aliphatic heterocycles. The monoisotopic (exact) mass is 607 g/mol. The summed E-state index contributed by atoms with van der Waals surface area (Å²) in [6.07, 6.45) is 5.83. The Morgan fingerprint density at radius 2 is 1.68 bits per heavy atom. The van der Waals surface area contributed by atoms with Gasteiger partial charge in [0.1, 0.15) is 18.5 Å². The first-order valence-corrected chi connectivity index (χ1v) is 15.1. The van der Waals surface area contributed by atoms with Crippen LogP contribution in [0.2, 0.25) is 0 Å². The molecule has 2 aromatic rings. The van der Waals surface area contributed by atoms with E-state index >= 15 is 0 Å². The van der Waals surface area contributed by atoms with Crippen molar-refractivity contribution in [2.24, 2.45) is 0 Å². The Kier molecular flexibility index (Phi) is 11.1. The van der Waals surface area contributed by atoms with Gasteiger partial charge in [-0.1, -0.05) is 49.6 Å². The highest BCUT2D eigenvalue weighted by atomic mass is 16.6. The summed E-state index contributed by atoms with van der Waals surface area (Å²) in [6.45, 7) is 4.51. The molecule has 236 valence electrons. The molecule has 4 rings (SSSR count). The number of aliphatic hydroxyl groups is 1. The number of nitro groups is 1. The van der Waals surface area contributed by atoms with E-state index in [0.717, 1.165) is 18.6 Å². The molecule has 0 spiro atoms. The van der Waals surface area contributed by atoms with E-state index in [9.17, 15) is 35.0 Å². The van der Waals surface area contributed by atoms with Crippen LogP contribution in [0.25, 0.3) is 0 Å². The number of carbonyl (C=O) groups is 2. The number of para-hydroxylation sites is 1. The normalized spacial score (nSPS) is 17.1. The third-order valence-electron chi connectivity index (χ3n) is 8.55. The highest BCUT2D eigenvalue weighted by Gasteiger charge is 2.39. The van der Waals surface area contributed by atoms with E-state index in [2.05, 4.69) is 11.4 Å². The maximum Gasteiger partial charge on any atom is 0.334 e. The van der Waals surface area contributed by atoms with Gasteiger partial charge in [0, 0.05) is 36.6 Å². The third-order valence-corrected chi connectivity index (χ3v) is 8.55. The maximum atomic E-state index is 12.4. The number of nitrogens with zero attached hydrogens (tertiary/aromatic N) is 2. The lowest BCUT2D eigenvalue weighted by Crippen LogP contribution is -2.36. The van der Waals surface area contributed by atoms with Crippen LogP contribution >= 0.6 is 0 Å². The molecule has 0 amide bonds. The standard InChI is InChI=1S/C33H41N3O8/c1-21-29(32(38)39)31(24-12-8-13-25(18-24)36(42)43)30(33(40)41)22(2)35(21)17-9-16-34-19-26(37)20-44-28-15-7-6-14-27(28)23-10-4-3-5-11-23/h6-8,12-15,18,23,26,31,34,37H,3-5,9-11,16-17,19-20H2,1-2H3,(H,38,39)(H,40,41). The van der Waals surface area contributed by atoms with E-state index in [1.165, 1.54) is 49.1 Å². The maximum absolute atomic E-state index is 12.4. The second-order valence-corrected chi connectivity index (χ2v) is 11.4. The molecule has 2 aromatic carbocycles. The Morgan fingerprint density at radius 1 is 1.02 bits per heavy atom. The van der Waals surface area contributed by atoms with Gasteiger partial charge in [0.15, 0.2) is 0 Å². The van der Waals surface area contributed by atoms with Crippen LogP contribution in [-0.4, -0.2) is 69.4 Å². The van der Waals surface area contributed by atoms with Gasteiger partial charge in [-0.3, -0.25) is 10.1 Å². The van der Waals surface area contributed by atoms with E-state index < -0.39 is 28.9 Å². The molecule has 4 N–H and O–H groups in total. The van der Waals surface area contributed by atoms with Crippen molar-refractivity contribution < 1.29 is 34.6 Å². The first kappa shape index (κ1) is 32.7. The smallest absolute Gasteiger partial charge is 0.334 e. The quantitative estimate of drug-likeness (QED) is 0.128. The largest absolute Gasteiger partial charge is 0.491 e. The van der Waals surface area contributed by atoms with Crippen LogP contribution in [0.5, 0.6) is 5.75 Å². The van der Waals surface area contributed by atoms with Gasteiger partial charge in [0.25, 0.3) is 5.69 Å². The minimum absolute atomic E-state index is 0.137. The van der Waals surface area contributed by atoms with Crippen molar-refractivity contribution >= 4 is 17.6 Å². The molecule has 1 unspecified atom stereocenters. The van der Waals surface area contributed by atoms with Crippen LogP contribution < -0.4 is 10.1 Å². The fourth-order valence-corrected chi connectivity index (χ4v) is 6.39. The molecule has 1 atom stereocenters. The number of benzene rings is 2. The van der Waals surface area contributed by atoms with Crippen LogP contribution in [0.15, 0.2) is 71.1 Å². The summed E-state index contributed by atoms with van der Waals surface area (Å²) in [5.41, 5.74) is 1.66. The van der Waals surface area contributed by atoms with Gasteiger partial charge in [-0.05, 0) is 62.8 Å². The van der Waals surface area contributed by atoms with Crippen molar-refractivity contribution in [2.45, 2.75) is 70.3 Å². The Bertz CT molecular complexity index is 1390. The first-order valence-electron chi connectivity index (χ1n) is 15.1. The Morgan fingerprint density at radius 3 is 2.32 bits per heavy atom. The van der Waals surface area contributed by atoms with Gasteiger partial charge < -0.3 is 30.3 Å². The number of aliphatic hydroxyl groups excluding tert-OH is 1. The van der Waals surface area contributed by atoms with Crippen molar-refractivity contribution in [1.82, 2.24) is 10.2 Å². The number of non-ortho nitro benzene ring substituents is 1. The van der Waals surface area contributed by atoms with Gasteiger partial charge in [0.05, 0.1) is 22.0 Å². The summed E-state index contributed by atoms with van der Waals surface area (Å²) in [4.78, 5) is 37.3.